The highest BCUT2D eigenvalue weighted by molar-refractivity contribution is 5.96. The molecule has 0 radical (unpaired) electrons. The molecule has 0 aliphatic carbocycles. The van der Waals surface area contributed by atoms with Gasteiger partial charge >= 0.3 is 6.03 Å². The molecule has 0 aromatic carbocycles. The van der Waals surface area contributed by atoms with E-state index < -0.39 is 37.1 Å². The number of rotatable bonds is 5. The number of halogens is 2. The maximum Gasteiger partial charge on any atom is 0.318 e. The molecule has 0 rings (SSSR count). The Kier molecular flexibility index (Phi) is 5.09. The van der Waals surface area contributed by atoms with Crippen LogP contribution in [0.25, 0.3) is 0 Å². The quantitative estimate of drug-likeness (QED) is 0.471. The Hall–Kier alpha value is -1.28. The second-order valence-corrected chi connectivity index (χ2v) is 2.97. The van der Waals surface area contributed by atoms with E-state index in [-0.39, 0.29) is 0 Å². The van der Waals surface area contributed by atoms with Crippen molar-refractivity contribution in [2.45, 2.75) is 18.9 Å². The first-order chi connectivity index (χ1) is 6.78. The van der Waals surface area contributed by atoms with Crippen LogP contribution in [0.1, 0.15) is 6.92 Å². The van der Waals surface area contributed by atoms with Crippen LogP contribution in [0.15, 0.2) is 0 Å². The van der Waals surface area contributed by atoms with Crippen molar-refractivity contribution in [3.63, 3.8) is 0 Å². The molecule has 0 aliphatic heterocycles. The molecule has 1 atom stereocenters. The van der Waals surface area contributed by atoms with Gasteiger partial charge in [0.25, 0.3) is 5.92 Å². The molecule has 88 valence electrons. The highest BCUT2D eigenvalue weighted by Gasteiger charge is 2.29. The lowest BCUT2D eigenvalue weighted by Crippen LogP contribution is -2.49. The van der Waals surface area contributed by atoms with Crippen molar-refractivity contribution in [1.29, 1.82) is 0 Å². The summed E-state index contributed by atoms with van der Waals surface area (Å²) < 4.78 is 25.0. The lowest BCUT2D eigenvalue weighted by atomic mass is 10.3. The predicted molar refractivity (Wildman–Crippen MR) is 47.2 cm³/mol. The van der Waals surface area contributed by atoms with Crippen LogP contribution in [0.3, 0.4) is 0 Å². The highest BCUT2D eigenvalue weighted by Crippen LogP contribution is 2.09. The van der Waals surface area contributed by atoms with Gasteiger partial charge in [0.1, 0.15) is 6.61 Å². The number of amides is 3. The average molecular weight is 225 g/mol. The largest absolute Gasteiger partial charge is 0.390 e. The number of primary amides is 1. The number of hydrogen-bond acceptors (Lipinski definition) is 4. The van der Waals surface area contributed by atoms with Crippen LogP contribution >= 0.6 is 0 Å². The second kappa shape index (κ2) is 5.56. The Morgan fingerprint density at radius 3 is 2.47 bits per heavy atom. The minimum absolute atomic E-state index is 0.809. The summed E-state index contributed by atoms with van der Waals surface area (Å²) in [5.41, 5.74) is 4.65. The van der Waals surface area contributed by atoms with Crippen LogP contribution in [0.5, 0.6) is 0 Å². The van der Waals surface area contributed by atoms with Crippen molar-refractivity contribution in [1.82, 2.24) is 10.6 Å². The number of aliphatic hydroxyl groups is 1. The molecule has 0 spiro atoms. The standard InChI is InChI=1S/C7H13F2N3O3/c1-4(5(14)12-6(10)15)11-2-7(8,9)3-13/h4,11,13H,2-3H2,1H3,(H3,10,12,14,15). The molecule has 0 aromatic heterocycles. The van der Waals surface area contributed by atoms with Gasteiger partial charge in [0.2, 0.25) is 5.91 Å². The summed E-state index contributed by atoms with van der Waals surface area (Å²) in [5.74, 6) is -4.11. The van der Waals surface area contributed by atoms with Crippen molar-refractivity contribution >= 4 is 11.9 Å². The normalized spacial score (nSPS) is 13.3. The van der Waals surface area contributed by atoms with Crippen molar-refractivity contribution in [2.24, 2.45) is 5.73 Å². The first kappa shape index (κ1) is 13.7. The number of nitrogens with one attached hydrogen (secondary N) is 2. The molecular weight excluding hydrogens is 212 g/mol. The van der Waals surface area contributed by atoms with E-state index in [2.05, 4.69) is 11.1 Å². The topological polar surface area (TPSA) is 104 Å². The lowest BCUT2D eigenvalue weighted by molar-refractivity contribution is -0.122. The van der Waals surface area contributed by atoms with E-state index >= 15 is 0 Å². The van der Waals surface area contributed by atoms with Crippen LogP contribution in [-0.4, -0.2) is 42.2 Å². The Bertz CT molecular complexity index is 248. The van der Waals surface area contributed by atoms with Crippen LogP contribution in [0.4, 0.5) is 13.6 Å². The molecule has 8 heteroatoms. The van der Waals surface area contributed by atoms with Gasteiger partial charge in [-0.25, -0.2) is 13.6 Å². The molecule has 3 amide bonds. The van der Waals surface area contributed by atoms with Gasteiger partial charge in [0.15, 0.2) is 0 Å². The number of nitrogens with two attached hydrogens (primary N) is 1. The van der Waals surface area contributed by atoms with Gasteiger partial charge in [-0.05, 0) is 6.92 Å². The molecular formula is C7H13F2N3O3. The van der Waals surface area contributed by atoms with Crippen molar-refractivity contribution < 1.29 is 23.5 Å². The summed E-state index contributed by atoms with van der Waals surface area (Å²) in [6, 6.07) is -2.06. The van der Waals surface area contributed by atoms with E-state index in [4.69, 9.17) is 5.11 Å². The Morgan fingerprint density at radius 2 is 2.07 bits per heavy atom. The van der Waals surface area contributed by atoms with Crippen LogP contribution in [0, 0.1) is 0 Å². The number of aliphatic hydroxyl groups excluding tert-OH is 1. The molecule has 0 saturated carbocycles. The van der Waals surface area contributed by atoms with E-state index in [9.17, 15) is 18.4 Å². The van der Waals surface area contributed by atoms with E-state index in [0.29, 0.717) is 0 Å². The molecule has 0 bridgehead atoms. The SMILES string of the molecule is CC(NCC(F)(F)CO)C(=O)NC(N)=O. The molecule has 6 nitrogen and oxygen atoms in total. The number of carbonyl (C=O) groups is 2. The molecule has 0 aliphatic rings. The highest BCUT2D eigenvalue weighted by atomic mass is 19.3. The van der Waals surface area contributed by atoms with E-state index in [1.807, 2.05) is 0 Å². The minimum atomic E-state index is -3.30. The average Bonchev–Trinajstić information content (AvgIpc) is 2.13. The van der Waals surface area contributed by atoms with E-state index in [1.165, 1.54) is 6.92 Å². The van der Waals surface area contributed by atoms with E-state index in [0.717, 1.165) is 0 Å². The molecule has 0 aromatic rings. The summed E-state index contributed by atoms with van der Waals surface area (Å²) in [6.07, 6.45) is 0. The smallest absolute Gasteiger partial charge is 0.318 e. The zero-order chi connectivity index (χ0) is 12.1. The number of hydrogen-bond donors (Lipinski definition) is 4. The van der Waals surface area contributed by atoms with Crippen LogP contribution < -0.4 is 16.4 Å². The monoisotopic (exact) mass is 225 g/mol. The van der Waals surface area contributed by atoms with E-state index in [1.54, 1.807) is 5.32 Å². The van der Waals surface area contributed by atoms with Gasteiger partial charge in [-0.1, -0.05) is 0 Å². The third-order valence-corrected chi connectivity index (χ3v) is 1.54. The lowest BCUT2D eigenvalue weighted by Gasteiger charge is -2.17. The second-order valence-electron chi connectivity index (χ2n) is 2.97. The zero-order valence-electron chi connectivity index (χ0n) is 8.09. The van der Waals surface area contributed by atoms with Crippen LogP contribution in [0.2, 0.25) is 0 Å². The van der Waals surface area contributed by atoms with Gasteiger partial charge in [0.05, 0.1) is 12.6 Å². The maximum absolute atomic E-state index is 12.5. The van der Waals surface area contributed by atoms with Gasteiger partial charge in [0, 0.05) is 0 Å². The Labute approximate surface area is 84.8 Å². The first-order valence-electron chi connectivity index (χ1n) is 4.11. The summed E-state index contributed by atoms with van der Waals surface area (Å²) in [4.78, 5) is 21.2. The molecule has 0 heterocycles. The van der Waals surface area contributed by atoms with Crippen molar-refractivity contribution in [3.8, 4) is 0 Å². The number of imide groups is 1. The predicted octanol–water partition coefficient (Wildman–Crippen LogP) is -1.21. The third-order valence-electron chi connectivity index (χ3n) is 1.54. The molecule has 15 heavy (non-hydrogen) atoms. The number of carbonyl (C=O) groups excluding carboxylic acids is 2. The molecule has 0 saturated heterocycles. The van der Waals surface area contributed by atoms with Crippen molar-refractivity contribution in [2.75, 3.05) is 13.2 Å². The maximum atomic E-state index is 12.5. The summed E-state index contributed by atoms with van der Waals surface area (Å²) in [5, 5.41) is 12.1. The summed E-state index contributed by atoms with van der Waals surface area (Å²) >= 11 is 0. The van der Waals surface area contributed by atoms with Gasteiger partial charge in [-0.15, -0.1) is 0 Å². The molecule has 1 unspecified atom stereocenters. The fourth-order valence-electron chi connectivity index (χ4n) is 0.681. The Balaban J connectivity index is 3.98. The minimum Gasteiger partial charge on any atom is -0.390 e. The first-order valence-corrected chi connectivity index (χ1v) is 4.11. The Morgan fingerprint density at radius 1 is 1.53 bits per heavy atom. The zero-order valence-corrected chi connectivity index (χ0v) is 8.09. The number of alkyl halides is 2. The molecule has 5 N–H and O–H groups in total. The van der Waals surface area contributed by atoms with Crippen molar-refractivity contribution in [3.05, 3.63) is 0 Å². The van der Waals surface area contributed by atoms with Gasteiger partial charge in [-0.3, -0.25) is 10.1 Å². The van der Waals surface area contributed by atoms with Gasteiger partial charge < -0.3 is 16.2 Å². The van der Waals surface area contributed by atoms with Crippen LogP contribution in [-0.2, 0) is 4.79 Å². The van der Waals surface area contributed by atoms with Gasteiger partial charge in [-0.2, -0.15) is 0 Å². The fourth-order valence-corrected chi connectivity index (χ4v) is 0.681. The summed E-state index contributed by atoms with van der Waals surface area (Å²) in [6.45, 7) is -0.896. The fraction of sp³-hybridized carbons (Fsp3) is 0.714. The number of urea groups is 1. The third kappa shape index (κ3) is 5.92. The molecule has 0 fully saturated rings. The summed E-state index contributed by atoms with van der Waals surface area (Å²) in [7, 11) is 0.